The van der Waals surface area contributed by atoms with Crippen LogP contribution in [0.5, 0.6) is 0 Å². The molecule has 1 heterocycles. The number of carbonyl (C=O) groups excluding carboxylic acids is 1. The third-order valence-corrected chi connectivity index (χ3v) is 4.13. The van der Waals surface area contributed by atoms with E-state index in [9.17, 15) is 14.7 Å². The van der Waals surface area contributed by atoms with Crippen LogP contribution in [0.25, 0.3) is 0 Å². The SMILES string of the molecule is C=CCOC(=O)N1CC(C(=O)O)C2(CCCC2)C1. The first-order valence-corrected chi connectivity index (χ1v) is 6.34. The zero-order chi connectivity index (χ0) is 13.2. The van der Waals surface area contributed by atoms with Gasteiger partial charge in [-0.1, -0.05) is 25.5 Å². The van der Waals surface area contributed by atoms with E-state index in [-0.39, 0.29) is 18.6 Å². The molecule has 1 spiro atoms. The summed E-state index contributed by atoms with van der Waals surface area (Å²) in [6.07, 6.45) is 4.99. The molecule has 1 saturated carbocycles. The van der Waals surface area contributed by atoms with Crippen molar-refractivity contribution in [3.8, 4) is 0 Å². The molecule has 0 aromatic heterocycles. The van der Waals surface area contributed by atoms with Crippen LogP contribution in [0.4, 0.5) is 4.79 Å². The highest BCUT2D eigenvalue weighted by atomic mass is 16.6. The molecular weight excluding hydrogens is 234 g/mol. The van der Waals surface area contributed by atoms with E-state index < -0.39 is 18.0 Å². The monoisotopic (exact) mass is 253 g/mol. The highest BCUT2D eigenvalue weighted by molar-refractivity contribution is 5.75. The van der Waals surface area contributed by atoms with Gasteiger partial charge in [0.15, 0.2) is 0 Å². The predicted molar refractivity (Wildman–Crippen MR) is 65.1 cm³/mol. The number of carboxylic acid groups (broad SMARTS) is 1. The Morgan fingerprint density at radius 3 is 2.67 bits per heavy atom. The van der Waals surface area contributed by atoms with E-state index >= 15 is 0 Å². The second kappa shape index (κ2) is 5.00. The summed E-state index contributed by atoms with van der Waals surface area (Å²) in [5.41, 5.74) is -0.223. The molecule has 1 N–H and O–H groups in total. The van der Waals surface area contributed by atoms with Crippen molar-refractivity contribution in [3.05, 3.63) is 12.7 Å². The number of amides is 1. The standard InChI is InChI=1S/C13H19NO4/c1-2-7-18-12(17)14-8-10(11(15)16)13(9-14)5-3-4-6-13/h2,10H,1,3-9H2,(H,15,16). The molecule has 1 aliphatic heterocycles. The zero-order valence-electron chi connectivity index (χ0n) is 10.4. The third kappa shape index (κ3) is 2.21. The average Bonchev–Trinajstić information content (AvgIpc) is 2.95. The van der Waals surface area contributed by atoms with Gasteiger partial charge in [-0.25, -0.2) is 4.79 Å². The number of carboxylic acids is 1. The molecule has 1 saturated heterocycles. The molecule has 2 aliphatic rings. The first-order chi connectivity index (χ1) is 8.59. The summed E-state index contributed by atoms with van der Waals surface area (Å²) in [6.45, 7) is 4.43. The summed E-state index contributed by atoms with van der Waals surface area (Å²) in [5, 5.41) is 9.32. The van der Waals surface area contributed by atoms with Crippen LogP contribution in [0.15, 0.2) is 12.7 Å². The van der Waals surface area contributed by atoms with E-state index in [0.29, 0.717) is 6.54 Å². The lowest BCUT2D eigenvalue weighted by molar-refractivity contribution is -0.144. The van der Waals surface area contributed by atoms with Crippen molar-refractivity contribution in [1.29, 1.82) is 0 Å². The van der Waals surface area contributed by atoms with Gasteiger partial charge in [-0.3, -0.25) is 4.79 Å². The molecule has 0 bridgehead atoms. The Labute approximate surface area is 106 Å². The van der Waals surface area contributed by atoms with Gasteiger partial charge in [0.25, 0.3) is 0 Å². The van der Waals surface area contributed by atoms with Crippen molar-refractivity contribution < 1.29 is 19.4 Å². The maximum atomic E-state index is 11.8. The fourth-order valence-corrected chi connectivity index (χ4v) is 3.26. The van der Waals surface area contributed by atoms with Crippen LogP contribution >= 0.6 is 0 Å². The van der Waals surface area contributed by atoms with Crippen LogP contribution < -0.4 is 0 Å². The molecule has 1 atom stereocenters. The number of hydrogen-bond acceptors (Lipinski definition) is 3. The fourth-order valence-electron chi connectivity index (χ4n) is 3.26. The summed E-state index contributed by atoms with van der Waals surface area (Å²) in [4.78, 5) is 24.7. The molecular formula is C13H19NO4. The Morgan fingerprint density at radius 1 is 1.44 bits per heavy atom. The molecule has 0 radical (unpaired) electrons. The lowest BCUT2D eigenvalue weighted by atomic mass is 9.77. The van der Waals surface area contributed by atoms with Crippen LogP contribution in [-0.2, 0) is 9.53 Å². The van der Waals surface area contributed by atoms with Crippen LogP contribution in [0.2, 0.25) is 0 Å². The maximum Gasteiger partial charge on any atom is 0.410 e. The number of ether oxygens (including phenoxy) is 1. The summed E-state index contributed by atoms with van der Waals surface area (Å²) < 4.78 is 4.98. The van der Waals surface area contributed by atoms with E-state index in [0.717, 1.165) is 25.7 Å². The fraction of sp³-hybridized carbons (Fsp3) is 0.692. The van der Waals surface area contributed by atoms with Gasteiger partial charge < -0.3 is 14.7 Å². The Bertz CT molecular complexity index is 360. The molecule has 5 heteroatoms. The Kier molecular flexibility index (Phi) is 3.59. The van der Waals surface area contributed by atoms with Crippen molar-refractivity contribution in [1.82, 2.24) is 4.90 Å². The molecule has 5 nitrogen and oxygen atoms in total. The molecule has 18 heavy (non-hydrogen) atoms. The van der Waals surface area contributed by atoms with Gasteiger partial charge in [0.1, 0.15) is 6.61 Å². The summed E-state index contributed by atoms with van der Waals surface area (Å²) in [7, 11) is 0. The first kappa shape index (κ1) is 12.9. The molecule has 1 unspecified atom stereocenters. The lowest BCUT2D eigenvalue weighted by Gasteiger charge is -2.26. The molecule has 2 fully saturated rings. The Balaban J connectivity index is 2.07. The van der Waals surface area contributed by atoms with Gasteiger partial charge in [-0.15, -0.1) is 0 Å². The number of rotatable bonds is 3. The van der Waals surface area contributed by atoms with Crippen LogP contribution in [-0.4, -0.2) is 41.8 Å². The normalized spacial score (nSPS) is 25.3. The smallest absolute Gasteiger partial charge is 0.410 e. The molecule has 1 amide bonds. The van der Waals surface area contributed by atoms with Crippen LogP contribution in [0.3, 0.4) is 0 Å². The number of aliphatic carboxylic acids is 1. The van der Waals surface area contributed by atoms with Gasteiger partial charge in [0.2, 0.25) is 0 Å². The molecule has 2 rings (SSSR count). The number of nitrogens with zero attached hydrogens (tertiary/aromatic N) is 1. The van der Waals surface area contributed by atoms with Crippen molar-refractivity contribution in [2.24, 2.45) is 11.3 Å². The van der Waals surface area contributed by atoms with Gasteiger partial charge in [0.05, 0.1) is 5.92 Å². The minimum Gasteiger partial charge on any atom is -0.481 e. The summed E-state index contributed by atoms with van der Waals surface area (Å²) in [6, 6.07) is 0. The van der Waals surface area contributed by atoms with E-state index in [2.05, 4.69) is 6.58 Å². The van der Waals surface area contributed by atoms with E-state index in [1.807, 2.05) is 0 Å². The van der Waals surface area contributed by atoms with E-state index in [1.165, 1.54) is 11.0 Å². The highest BCUT2D eigenvalue weighted by Gasteiger charge is 2.52. The minimum atomic E-state index is -0.795. The van der Waals surface area contributed by atoms with Crippen molar-refractivity contribution >= 4 is 12.1 Å². The van der Waals surface area contributed by atoms with Crippen LogP contribution in [0.1, 0.15) is 25.7 Å². The zero-order valence-corrected chi connectivity index (χ0v) is 10.4. The first-order valence-electron chi connectivity index (χ1n) is 6.34. The highest BCUT2D eigenvalue weighted by Crippen LogP contribution is 2.49. The van der Waals surface area contributed by atoms with Crippen LogP contribution in [0, 0.1) is 11.3 Å². The average molecular weight is 253 g/mol. The number of carbonyl (C=O) groups is 2. The summed E-state index contributed by atoms with van der Waals surface area (Å²) >= 11 is 0. The number of likely N-dealkylation sites (tertiary alicyclic amines) is 1. The van der Waals surface area contributed by atoms with Crippen molar-refractivity contribution in [2.75, 3.05) is 19.7 Å². The minimum absolute atomic E-state index is 0.167. The quantitative estimate of drug-likeness (QED) is 0.780. The Hall–Kier alpha value is -1.52. The summed E-state index contributed by atoms with van der Waals surface area (Å²) in [5.74, 6) is -1.24. The van der Waals surface area contributed by atoms with Gasteiger partial charge in [-0.05, 0) is 12.8 Å². The Morgan fingerprint density at radius 2 is 2.11 bits per heavy atom. The number of hydrogen-bond donors (Lipinski definition) is 1. The predicted octanol–water partition coefficient (Wildman–Crippen LogP) is 1.89. The molecule has 0 aromatic carbocycles. The second-order valence-electron chi connectivity index (χ2n) is 5.21. The van der Waals surface area contributed by atoms with Crippen molar-refractivity contribution in [2.45, 2.75) is 25.7 Å². The third-order valence-electron chi connectivity index (χ3n) is 4.13. The second-order valence-corrected chi connectivity index (χ2v) is 5.21. The molecule has 1 aliphatic carbocycles. The molecule has 100 valence electrons. The van der Waals surface area contributed by atoms with Gasteiger partial charge in [-0.2, -0.15) is 0 Å². The topological polar surface area (TPSA) is 66.8 Å². The van der Waals surface area contributed by atoms with Gasteiger partial charge >= 0.3 is 12.1 Å². The maximum absolute atomic E-state index is 11.8. The van der Waals surface area contributed by atoms with E-state index in [4.69, 9.17) is 4.74 Å². The van der Waals surface area contributed by atoms with E-state index in [1.54, 1.807) is 0 Å². The van der Waals surface area contributed by atoms with Gasteiger partial charge in [0, 0.05) is 18.5 Å². The molecule has 0 aromatic rings. The largest absolute Gasteiger partial charge is 0.481 e. The van der Waals surface area contributed by atoms with Crippen molar-refractivity contribution in [3.63, 3.8) is 0 Å². The lowest BCUT2D eigenvalue weighted by Crippen LogP contribution is -2.32.